The molecule has 0 fully saturated rings. The molecule has 1 heterocycles. The molecule has 2 rings (SSSR count). The first-order valence-corrected chi connectivity index (χ1v) is 6.77. The van der Waals surface area contributed by atoms with Gasteiger partial charge in [0.1, 0.15) is 5.82 Å². The van der Waals surface area contributed by atoms with Gasteiger partial charge in [0.05, 0.1) is 12.1 Å². The van der Waals surface area contributed by atoms with Crippen molar-refractivity contribution in [3.05, 3.63) is 54.2 Å². The zero-order valence-corrected chi connectivity index (χ0v) is 12.6. The third-order valence-electron chi connectivity index (χ3n) is 3.22. The van der Waals surface area contributed by atoms with E-state index in [1.165, 1.54) is 18.1 Å². The Balaban J connectivity index is 2.13. The Labute approximate surface area is 129 Å². The second-order valence-electron chi connectivity index (χ2n) is 4.93. The molecule has 114 valence electrons. The lowest BCUT2D eigenvalue weighted by molar-refractivity contribution is -0.118. The second-order valence-corrected chi connectivity index (χ2v) is 4.93. The van der Waals surface area contributed by atoms with E-state index in [1.54, 1.807) is 12.1 Å². The third kappa shape index (κ3) is 3.60. The quantitative estimate of drug-likeness (QED) is 0.905. The van der Waals surface area contributed by atoms with Crippen LogP contribution in [0, 0.1) is 0 Å². The van der Waals surface area contributed by atoms with Crippen LogP contribution in [0.3, 0.4) is 0 Å². The van der Waals surface area contributed by atoms with Gasteiger partial charge in [0, 0.05) is 26.0 Å². The SMILES string of the molecule is CN(CC(N)=O)C(=O)c1ccc(N(C)c2ccccc2)nc1. The number of para-hydroxylation sites is 1. The molecule has 1 aromatic carbocycles. The maximum Gasteiger partial charge on any atom is 0.255 e. The van der Waals surface area contributed by atoms with Crippen LogP contribution in [0.5, 0.6) is 0 Å². The van der Waals surface area contributed by atoms with Crippen LogP contribution in [0.1, 0.15) is 10.4 Å². The van der Waals surface area contributed by atoms with Crippen molar-refractivity contribution in [2.45, 2.75) is 0 Å². The molecule has 0 aliphatic carbocycles. The molecule has 6 heteroatoms. The molecule has 2 amide bonds. The molecule has 6 nitrogen and oxygen atoms in total. The summed E-state index contributed by atoms with van der Waals surface area (Å²) in [6, 6.07) is 13.2. The number of nitrogens with two attached hydrogens (primary N) is 1. The van der Waals surface area contributed by atoms with Gasteiger partial charge in [-0.05, 0) is 24.3 Å². The molecule has 0 atom stereocenters. The third-order valence-corrected chi connectivity index (χ3v) is 3.22. The summed E-state index contributed by atoms with van der Waals surface area (Å²) in [5.74, 6) is -0.121. The van der Waals surface area contributed by atoms with Gasteiger partial charge in [-0.2, -0.15) is 0 Å². The fourth-order valence-corrected chi connectivity index (χ4v) is 2.02. The predicted octanol–water partition coefficient (Wildman–Crippen LogP) is 1.41. The Hall–Kier alpha value is -2.89. The van der Waals surface area contributed by atoms with Crippen molar-refractivity contribution in [1.29, 1.82) is 0 Å². The van der Waals surface area contributed by atoms with Crippen molar-refractivity contribution >= 4 is 23.3 Å². The maximum absolute atomic E-state index is 12.1. The molecule has 1 aromatic heterocycles. The lowest BCUT2D eigenvalue weighted by atomic mass is 10.2. The number of rotatable bonds is 5. The fourth-order valence-electron chi connectivity index (χ4n) is 2.02. The van der Waals surface area contributed by atoms with Crippen LogP contribution in [0.4, 0.5) is 11.5 Å². The smallest absolute Gasteiger partial charge is 0.255 e. The van der Waals surface area contributed by atoms with Gasteiger partial charge in [-0.1, -0.05) is 18.2 Å². The highest BCUT2D eigenvalue weighted by molar-refractivity contribution is 5.96. The van der Waals surface area contributed by atoms with Crippen LogP contribution >= 0.6 is 0 Å². The Morgan fingerprint density at radius 2 is 1.77 bits per heavy atom. The molecule has 0 saturated carbocycles. The van der Waals surface area contributed by atoms with Gasteiger partial charge < -0.3 is 15.5 Å². The van der Waals surface area contributed by atoms with Crippen LogP contribution in [0.25, 0.3) is 0 Å². The number of primary amides is 1. The minimum absolute atomic E-state index is 0.121. The van der Waals surface area contributed by atoms with Gasteiger partial charge >= 0.3 is 0 Å². The maximum atomic E-state index is 12.1. The number of amides is 2. The largest absolute Gasteiger partial charge is 0.368 e. The molecule has 0 spiro atoms. The van der Waals surface area contributed by atoms with E-state index in [1.807, 2.05) is 42.3 Å². The van der Waals surface area contributed by atoms with Crippen LogP contribution in [-0.2, 0) is 4.79 Å². The Morgan fingerprint density at radius 3 is 2.32 bits per heavy atom. The van der Waals surface area contributed by atoms with E-state index < -0.39 is 5.91 Å². The molecule has 0 saturated heterocycles. The lowest BCUT2D eigenvalue weighted by Gasteiger charge is -2.19. The molecule has 0 radical (unpaired) electrons. The number of pyridine rings is 1. The van der Waals surface area contributed by atoms with E-state index >= 15 is 0 Å². The summed E-state index contributed by atoms with van der Waals surface area (Å²) < 4.78 is 0. The average molecular weight is 298 g/mol. The van der Waals surface area contributed by atoms with Gasteiger partial charge in [0.15, 0.2) is 0 Å². The van der Waals surface area contributed by atoms with Crippen molar-refractivity contribution in [3.8, 4) is 0 Å². The van der Waals surface area contributed by atoms with Crippen molar-refractivity contribution in [1.82, 2.24) is 9.88 Å². The van der Waals surface area contributed by atoms with E-state index in [-0.39, 0.29) is 12.5 Å². The first-order chi connectivity index (χ1) is 10.5. The number of carbonyl (C=O) groups is 2. The molecule has 0 aliphatic heterocycles. The van der Waals surface area contributed by atoms with Crippen molar-refractivity contribution in [2.75, 3.05) is 25.5 Å². The molecule has 0 bridgehead atoms. The monoisotopic (exact) mass is 298 g/mol. The highest BCUT2D eigenvalue weighted by Gasteiger charge is 2.14. The number of aromatic nitrogens is 1. The van der Waals surface area contributed by atoms with Crippen LogP contribution < -0.4 is 10.6 Å². The molecule has 0 aliphatic rings. The number of benzene rings is 1. The van der Waals surface area contributed by atoms with Crippen LogP contribution in [0.15, 0.2) is 48.7 Å². The Morgan fingerprint density at radius 1 is 1.09 bits per heavy atom. The Bertz CT molecular complexity index is 656. The van der Waals surface area contributed by atoms with Gasteiger partial charge in [0.2, 0.25) is 5.91 Å². The fraction of sp³-hybridized carbons (Fsp3) is 0.188. The Kier molecular flexibility index (Phi) is 4.73. The molecular weight excluding hydrogens is 280 g/mol. The van der Waals surface area contributed by atoms with Crippen molar-refractivity contribution < 1.29 is 9.59 Å². The van der Waals surface area contributed by atoms with Crippen molar-refractivity contribution in [3.63, 3.8) is 0 Å². The van der Waals surface area contributed by atoms with E-state index in [2.05, 4.69) is 4.98 Å². The van der Waals surface area contributed by atoms with Crippen LogP contribution in [0.2, 0.25) is 0 Å². The predicted molar refractivity (Wildman–Crippen MR) is 84.9 cm³/mol. The summed E-state index contributed by atoms with van der Waals surface area (Å²) in [6.45, 7) is -0.121. The van der Waals surface area contributed by atoms with E-state index in [0.717, 1.165) is 11.5 Å². The number of carbonyl (C=O) groups excluding carboxylic acids is 2. The molecule has 0 unspecified atom stereocenters. The highest BCUT2D eigenvalue weighted by atomic mass is 16.2. The van der Waals surface area contributed by atoms with E-state index in [9.17, 15) is 9.59 Å². The number of nitrogens with zero attached hydrogens (tertiary/aromatic N) is 3. The van der Waals surface area contributed by atoms with Crippen LogP contribution in [-0.4, -0.2) is 42.3 Å². The molecule has 22 heavy (non-hydrogen) atoms. The zero-order valence-electron chi connectivity index (χ0n) is 12.6. The summed E-state index contributed by atoms with van der Waals surface area (Å²) >= 11 is 0. The van der Waals surface area contributed by atoms with Crippen molar-refractivity contribution in [2.24, 2.45) is 5.73 Å². The summed E-state index contributed by atoms with van der Waals surface area (Å²) in [5, 5.41) is 0. The summed E-state index contributed by atoms with van der Waals surface area (Å²) in [5.41, 5.74) is 6.49. The number of likely N-dealkylation sites (N-methyl/N-ethyl adjacent to an activating group) is 1. The topological polar surface area (TPSA) is 79.5 Å². The first-order valence-electron chi connectivity index (χ1n) is 6.77. The minimum Gasteiger partial charge on any atom is -0.368 e. The lowest BCUT2D eigenvalue weighted by Crippen LogP contribution is -2.35. The minimum atomic E-state index is -0.552. The second kappa shape index (κ2) is 6.71. The van der Waals surface area contributed by atoms with Gasteiger partial charge in [-0.25, -0.2) is 4.98 Å². The normalized spacial score (nSPS) is 10.1. The number of hydrogen-bond donors (Lipinski definition) is 1. The summed E-state index contributed by atoms with van der Waals surface area (Å²) in [4.78, 5) is 30.4. The van der Waals surface area contributed by atoms with E-state index in [0.29, 0.717) is 5.56 Å². The van der Waals surface area contributed by atoms with Gasteiger partial charge in [0.25, 0.3) is 5.91 Å². The first kappa shape index (κ1) is 15.5. The standard InChI is InChI=1S/C16H18N4O2/c1-19(11-14(17)21)16(22)12-8-9-15(18-10-12)20(2)13-6-4-3-5-7-13/h3-10H,11H2,1-2H3,(H2,17,21). The van der Waals surface area contributed by atoms with E-state index in [4.69, 9.17) is 5.73 Å². The number of anilines is 2. The zero-order chi connectivity index (χ0) is 16.1. The molecule has 2 aromatic rings. The average Bonchev–Trinajstić information content (AvgIpc) is 2.54. The summed E-state index contributed by atoms with van der Waals surface area (Å²) in [7, 11) is 3.43. The molecule has 2 N–H and O–H groups in total. The van der Waals surface area contributed by atoms with Gasteiger partial charge in [-0.3, -0.25) is 9.59 Å². The summed E-state index contributed by atoms with van der Waals surface area (Å²) in [6.07, 6.45) is 1.49. The molecular formula is C16H18N4O2. The van der Waals surface area contributed by atoms with Gasteiger partial charge in [-0.15, -0.1) is 0 Å². The number of hydrogen-bond acceptors (Lipinski definition) is 4. The highest BCUT2D eigenvalue weighted by Crippen LogP contribution is 2.21.